The van der Waals surface area contributed by atoms with E-state index >= 15 is 0 Å². The molecule has 0 radical (unpaired) electrons. The Hall–Kier alpha value is -1.37. The van der Waals surface area contributed by atoms with E-state index in [4.69, 9.17) is 19.0 Å². The maximum Gasteiger partial charge on any atom is 0.338 e. The molecule has 0 spiro atoms. The van der Waals surface area contributed by atoms with Crippen molar-refractivity contribution in [1.82, 2.24) is 4.90 Å². The van der Waals surface area contributed by atoms with Crippen LogP contribution in [-0.4, -0.2) is 56.0 Å². The third kappa shape index (κ3) is 5.02. The minimum absolute atomic E-state index is 0.168. The van der Waals surface area contributed by atoms with Crippen LogP contribution in [0.25, 0.3) is 0 Å². The zero-order valence-corrected chi connectivity index (χ0v) is 11.6. The highest BCUT2D eigenvalue weighted by atomic mass is 16.5. The smallest absolute Gasteiger partial charge is 0.338 e. The van der Waals surface area contributed by atoms with Gasteiger partial charge in [0.05, 0.1) is 25.3 Å². The number of carboxylic acids is 1. The van der Waals surface area contributed by atoms with Crippen LogP contribution < -0.4 is 0 Å². The van der Waals surface area contributed by atoms with Gasteiger partial charge in [-0.15, -0.1) is 0 Å². The summed E-state index contributed by atoms with van der Waals surface area (Å²) in [7, 11) is 3.30. The van der Waals surface area contributed by atoms with Gasteiger partial charge < -0.3 is 19.0 Å². The molecule has 0 aliphatic rings. The molecule has 19 heavy (non-hydrogen) atoms. The van der Waals surface area contributed by atoms with Crippen molar-refractivity contribution in [3.05, 3.63) is 23.7 Å². The fourth-order valence-corrected chi connectivity index (χ4v) is 1.79. The van der Waals surface area contributed by atoms with Gasteiger partial charge in [-0.05, 0) is 13.0 Å². The lowest BCUT2D eigenvalue weighted by atomic mass is 10.2. The molecule has 0 saturated carbocycles. The monoisotopic (exact) mass is 271 g/mol. The second kappa shape index (κ2) is 7.93. The van der Waals surface area contributed by atoms with Crippen molar-refractivity contribution in [1.29, 1.82) is 0 Å². The summed E-state index contributed by atoms with van der Waals surface area (Å²) in [5.41, 5.74) is 0.168. The van der Waals surface area contributed by atoms with E-state index < -0.39 is 5.97 Å². The molecule has 1 aromatic heterocycles. The lowest BCUT2D eigenvalue weighted by Crippen LogP contribution is -2.37. The topological polar surface area (TPSA) is 72.1 Å². The maximum atomic E-state index is 10.8. The number of nitrogens with zero attached hydrogens (tertiary/aromatic N) is 1. The molecule has 0 saturated heterocycles. The van der Waals surface area contributed by atoms with Crippen LogP contribution in [0.5, 0.6) is 0 Å². The quantitative estimate of drug-likeness (QED) is 0.733. The van der Waals surface area contributed by atoms with Gasteiger partial charge >= 0.3 is 5.97 Å². The van der Waals surface area contributed by atoms with Crippen LogP contribution >= 0.6 is 0 Å². The van der Waals surface area contributed by atoms with E-state index in [0.29, 0.717) is 25.5 Å². The molecule has 1 unspecified atom stereocenters. The number of hydrogen-bond acceptors (Lipinski definition) is 5. The molecule has 108 valence electrons. The number of carbonyl (C=O) groups is 1. The molecule has 0 aliphatic carbocycles. The van der Waals surface area contributed by atoms with Gasteiger partial charge in [-0.25, -0.2) is 4.79 Å². The number of methoxy groups -OCH3 is 2. The summed E-state index contributed by atoms with van der Waals surface area (Å²) < 4.78 is 15.5. The minimum Gasteiger partial charge on any atom is -0.478 e. The van der Waals surface area contributed by atoms with Crippen molar-refractivity contribution in [3.8, 4) is 0 Å². The van der Waals surface area contributed by atoms with Crippen molar-refractivity contribution in [2.75, 3.05) is 34.0 Å². The Balaban J connectivity index is 2.66. The summed E-state index contributed by atoms with van der Waals surface area (Å²) in [6.45, 7) is 4.49. The zero-order chi connectivity index (χ0) is 14.3. The number of furan rings is 1. The number of aromatic carboxylic acids is 1. The van der Waals surface area contributed by atoms with Gasteiger partial charge in [0.2, 0.25) is 0 Å². The Bertz CT molecular complexity index is 390. The van der Waals surface area contributed by atoms with E-state index in [1.807, 2.05) is 6.92 Å². The number of carboxylic acid groups (broad SMARTS) is 1. The van der Waals surface area contributed by atoms with Gasteiger partial charge in [-0.2, -0.15) is 0 Å². The number of rotatable bonds is 9. The lowest BCUT2D eigenvalue weighted by molar-refractivity contribution is 0.0663. The van der Waals surface area contributed by atoms with Crippen LogP contribution in [0.3, 0.4) is 0 Å². The predicted molar refractivity (Wildman–Crippen MR) is 69.3 cm³/mol. The van der Waals surface area contributed by atoms with Crippen molar-refractivity contribution in [3.63, 3.8) is 0 Å². The molecule has 1 atom stereocenters. The van der Waals surface area contributed by atoms with Crippen LogP contribution in [0.15, 0.2) is 16.7 Å². The first-order valence-electron chi connectivity index (χ1n) is 6.11. The van der Waals surface area contributed by atoms with E-state index in [0.717, 1.165) is 6.54 Å². The molecular formula is C13H21NO5. The van der Waals surface area contributed by atoms with Crippen LogP contribution in [0.1, 0.15) is 23.0 Å². The molecule has 6 heteroatoms. The molecule has 0 aliphatic heterocycles. The molecule has 1 aromatic rings. The predicted octanol–water partition coefficient (Wildman–Crippen LogP) is 1.46. The normalized spacial score (nSPS) is 12.8. The molecule has 0 fully saturated rings. The minimum atomic E-state index is -0.983. The third-order valence-corrected chi connectivity index (χ3v) is 2.87. The summed E-state index contributed by atoms with van der Waals surface area (Å²) in [5.74, 6) is -0.361. The fraction of sp³-hybridized carbons (Fsp3) is 0.615. The highest BCUT2D eigenvalue weighted by Gasteiger charge is 2.17. The van der Waals surface area contributed by atoms with Gasteiger partial charge in [0.1, 0.15) is 12.0 Å². The Morgan fingerprint density at radius 2 is 2.21 bits per heavy atom. The highest BCUT2D eigenvalue weighted by molar-refractivity contribution is 5.87. The average molecular weight is 271 g/mol. The van der Waals surface area contributed by atoms with E-state index in [1.165, 1.54) is 6.26 Å². The maximum absolute atomic E-state index is 10.8. The zero-order valence-electron chi connectivity index (χ0n) is 11.6. The Morgan fingerprint density at radius 1 is 1.47 bits per heavy atom. The molecule has 1 N–H and O–H groups in total. The summed E-state index contributed by atoms with van der Waals surface area (Å²) in [6, 6.07) is 1.74. The summed E-state index contributed by atoms with van der Waals surface area (Å²) in [5, 5.41) is 8.85. The number of ether oxygens (including phenoxy) is 2. The Labute approximate surface area is 112 Å². The van der Waals surface area contributed by atoms with Gasteiger partial charge in [0.25, 0.3) is 0 Å². The van der Waals surface area contributed by atoms with Crippen molar-refractivity contribution in [2.24, 2.45) is 0 Å². The van der Waals surface area contributed by atoms with E-state index in [9.17, 15) is 4.79 Å². The van der Waals surface area contributed by atoms with Crippen molar-refractivity contribution < 1.29 is 23.8 Å². The first-order chi connectivity index (χ1) is 9.08. The van der Waals surface area contributed by atoms with Crippen LogP contribution in [0.2, 0.25) is 0 Å². The third-order valence-electron chi connectivity index (χ3n) is 2.87. The van der Waals surface area contributed by atoms with Gasteiger partial charge in [0.15, 0.2) is 0 Å². The van der Waals surface area contributed by atoms with E-state index in [2.05, 4.69) is 4.90 Å². The summed E-state index contributed by atoms with van der Waals surface area (Å²) in [4.78, 5) is 12.9. The highest BCUT2D eigenvalue weighted by Crippen LogP contribution is 2.13. The first kappa shape index (κ1) is 15.7. The molecule has 0 amide bonds. The second-order valence-electron chi connectivity index (χ2n) is 4.37. The van der Waals surface area contributed by atoms with Gasteiger partial charge in [-0.3, -0.25) is 4.90 Å². The van der Waals surface area contributed by atoms with Crippen molar-refractivity contribution >= 4 is 5.97 Å². The lowest BCUT2D eigenvalue weighted by Gasteiger charge is -2.27. The Morgan fingerprint density at radius 3 is 2.74 bits per heavy atom. The van der Waals surface area contributed by atoms with E-state index in [1.54, 1.807) is 20.3 Å². The molecule has 0 bridgehead atoms. The SMILES string of the molecule is COCCN(Cc1cc(C(=O)O)co1)C(C)COC. The fourth-order valence-electron chi connectivity index (χ4n) is 1.79. The standard InChI is InChI=1S/C13H21NO5/c1-10(8-18-3)14(4-5-17-2)7-12-6-11(9-19-12)13(15)16/h6,9-10H,4-5,7-8H2,1-3H3,(H,15,16). The molecule has 1 rings (SSSR count). The number of hydrogen-bond donors (Lipinski definition) is 1. The van der Waals surface area contributed by atoms with Gasteiger partial charge in [0, 0.05) is 26.8 Å². The second-order valence-corrected chi connectivity index (χ2v) is 4.37. The Kier molecular flexibility index (Phi) is 6.55. The summed E-state index contributed by atoms with van der Waals surface area (Å²) in [6.07, 6.45) is 1.26. The van der Waals surface area contributed by atoms with Crippen molar-refractivity contribution in [2.45, 2.75) is 19.5 Å². The molecular weight excluding hydrogens is 250 g/mol. The molecule has 6 nitrogen and oxygen atoms in total. The molecule has 0 aromatic carbocycles. The van der Waals surface area contributed by atoms with E-state index in [-0.39, 0.29) is 11.6 Å². The average Bonchev–Trinajstić information content (AvgIpc) is 2.83. The largest absolute Gasteiger partial charge is 0.478 e. The first-order valence-corrected chi connectivity index (χ1v) is 6.11. The van der Waals surface area contributed by atoms with Gasteiger partial charge in [-0.1, -0.05) is 0 Å². The molecule has 1 heterocycles. The van der Waals surface area contributed by atoms with Crippen LogP contribution in [0.4, 0.5) is 0 Å². The van der Waals surface area contributed by atoms with Crippen LogP contribution in [-0.2, 0) is 16.0 Å². The summed E-state index contributed by atoms with van der Waals surface area (Å²) >= 11 is 0. The van der Waals surface area contributed by atoms with Crippen LogP contribution in [0, 0.1) is 0 Å².